The fourth-order valence-electron chi connectivity index (χ4n) is 3.13. The summed E-state index contributed by atoms with van der Waals surface area (Å²) in [7, 11) is 0. The third-order valence-electron chi connectivity index (χ3n) is 4.55. The molecular formula is C22H23NO. The van der Waals surface area contributed by atoms with E-state index in [1.807, 2.05) is 49.4 Å². The van der Waals surface area contributed by atoms with Crippen LogP contribution >= 0.6 is 0 Å². The molecule has 0 aliphatic carbocycles. The van der Waals surface area contributed by atoms with Gasteiger partial charge in [-0.2, -0.15) is 0 Å². The summed E-state index contributed by atoms with van der Waals surface area (Å²) in [6, 6.07) is 22.5. The van der Waals surface area contributed by atoms with Gasteiger partial charge in [0.05, 0.1) is 0 Å². The number of hydrogen-bond donors (Lipinski definition) is 2. The average molecular weight is 317 g/mol. The van der Waals surface area contributed by atoms with Gasteiger partial charge in [0.25, 0.3) is 0 Å². The molecule has 0 spiro atoms. The van der Waals surface area contributed by atoms with E-state index in [9.17, 15) is 5.11 Å². The predicted octanol–water partition coefficient (Wildman–Crippen LogP) is 4.34. The maximum Gasteiger partial charge on any atom is 0.122 e. The van der Waals surface area contributed by atoms with Crippen molar-refractivity contribution in [1.82, 2.24) is 0 Å². The van der Waals surface area contributed by atoms with Crippen LogP contribution in [-0.4, -0.2) is 5.11 Å². The molecule has 3 aromatic carbocycles. The molecule has 24 heavy (non-hydrogen) atoms. The van der Waals surface area contributed by atoms with E-state index in [-0.39, 0.29) is 0 Å². The molecule has 3 aromatic rings. The second-order valence-corrected chi connectivity index (χ2v) is 6.18. The van der Waals surface area contributed by atoms with Gasteiger partial charge in [-0.25, -0.2) is 0 Å². The molecule has 3 N–H and O–H groups in total. The molecule has 0 saturated carbocycles. The van der Waals surface area contributed by atoms with Crippen LogP contribution in [-0.2, 0) is 19.4 Å². The minimum Gasteiger partial charge on any atom is -0.507 e. The monoisotopic (exact) mass is 317 g/mol. The molecule has 2 nitrogen and oxygen atoms in total. The Kier molecular flexibility index (Phi) is 4.97. The predicted molar refractivity (Wildman–Crippen MR) is 99.2 cm³/mol. The van der Waals surface area contributed by atoms with E-state index < -0.39 is 0 Å². The maximum atomic E-state index is 10.9. The van der Waals surface area contributed by atoms with Crippen molar-refractivity contribution < 1.29 is 5.11 Å². The van der Waals surface area contributed by atoms with E-state index >= 15 is 0 Å². The van der Waals surface area contributed by atoms with E-state index in [4.69, 9.17) is 5.73 Å². The van der Waals surface area contributed by atoms with Gasteiger partial charge in [-0.1, -0.05) is 66.7 Å². The molecule has 0 amide bonds. The Labute approximate surface area is 143 Å². The Morgan fingerprint density at radius 2 is 1.33 bits per heavy atom. The zero-order valence-corrected chi connectivity index (χ0v) is 14.0. The van der Waals surface area contributed by atoms with Crippen LogP contribution in [0.15, 0.2) is 66.7 Å². The van der Waals surface area contributed by atoms with Crippen LogP contribution < -0.4 is 5.73 Å². The highest BCUT2D eigenvalue weighted by Gasteiger charge is 2.15. The Hall–Kier alpha value is -2.58. The smallest absolute Gasteiger partial charge is 0.122 e. The summed E-state index contributed by atoms with van der Waals surface area (Å²) in [5.74, 6) is 0.400. The summed E-state index contributed by atoms with van der Waals surface area (Å²) >= 11 is 0. The van der Waals surface area contributed by atoms with Gasteiger partial charge in [-0.05, 0) is 34.7 Å². The number of aromatic hydroxyl groups is 1. The van der Waals surface area contributed by atoms with Crippen LogP contribution in [0.4, 0.5) is 0 Å². The molecule has 2 heteroatoms. The third-order valence-corrected chi connectivity index (χ3v) is 4.55. The van der Waals surface area contributed by atoms with E-state index in [1.54, 1.807) is 0 Å². The zero-order valence-electron chi connectivity index (χ0n) is 14.0. The number of rotatable bonds is 5. The first-order valence-electron chi connectivity index (χ1n) is 8.30. The molecule has 122 valence electrons. The number of benzene rings is 3. The first kappa shape index (κ1) is 16.3. The van der Waals surface area contributed by atoms with Gasteiger partial charge < -0.3 is 10.8 Å². The van der Waals surface area contributed by atoms with Gasteiger partial charge in [-0.15, -0.1) is 0 Å². The number of phenols is 1. The molecule has 0 aliphatic rings. The fourth-order valence-corrected chi connectivity index (χ4v) is 3.13. The number of hydrogen-bond acceptors (Lipinski definition) is 2. The zero-order chi connectivity index (χ0) is 16.9. The van der Waals surface area contributed by atoms with Crippen LogP contribution in [0.25, 0.3) is 0 Å². The van der Waals surface area contributed by atoms with E-state index in [2.05, 4.69) is 24.3 Å². The summed E-state index contributed by atoms with van der Waals surface area (Å²) in [5.41, 5.74) is 12.4. The van der Waals surface area contributed by atoms with Crippen molar-refractivity contribution in [2.24, 2.45) is 5.73 Å². The van der Waals surface area contributed by atoms with Crippen LogP contribution in [0.1, 0.15) is 33.4 Å². The Bertz CT molecular complexity index is 810. The highest BCUT2D eigenvalue weighted by atomic mass is 16.3. The lowest BCUT2D eigenvalue weighted by Gasteiger charge is -2.17. The molecule has 0 aliphatic heterocycles. The molecule has 0 saturated heterocycles. The minimum absolute atomic E-state index is 0.400. The van der Waals surface area contributed by atoms with Gasteiger partial charge in [0.1, 0.15) is 5.75 Å². The second-order valence-electron chi connectivity index (χ2n) is 6.18. The van der Waals surface area contributed by atoms with Gasteiger partial charge in [0.15, 0.2) is 0 Å². The standard InChI is InChI=1S/C22H23NO/c1-16-20(15-23)14-19(12-17-8-4-2-5-9-17)22(24)21(16)13-18-10-6-3-7-11-18/h2-11,14,24H,12-13,15,23H2,1H3. The van der Waals surface area contributed by atoms with Gasteiger partial charge in [0.2, 0.25) is 0 Å². The largest absolute Gasteiger partial charge is 0.507 e. The van der Waals surface area contributed by atoms with E-state index in [0.717, 1.165) is 22.3 Å². The first-order chi connectivity index (χ1) is 11.7. The molecule has 0 aromatic heterocycles. The normalized spacial score (nSPS) is 10.8. The molecule has 0 heterocycles. The lowest BCUT2D eigenvalue weighted by atomic mass is 9.90. The minimum atomic E-state index is 0.400. The maximum absolute atomic E-state index is 10.9. The molecule has 0 bridgehead atoms. The SMILES string of the molecule is Cc1c(CN)cc(Cc2ccccc2)c(O)c1Cc1ccccc1. The van der Waals surface area contributed by atoms with Crippen molar-refractivity contribution in [3.05, 3.63) is 100 Å². The number of phenolic OH excluding ortho intramolecular Hbond substituents is 1. The van der Waals surface area contributed by atoms with Gasteiger partial charge in [0, 0.05) is 24.9 Å². The van der Waals surface area contributed by atoms with Gasteiger partial charge >= 0.3 is 0 Å². The highest BCUT2D eigenvalue weighted by Crippen LogP contribution is 2.32. The van der Waals surface area contributed by atoms with Crippen molar-refractivity contribution in [3.63, 3.8) is 0 Å². The summed E-state index contributed by atoms with van der Waals surface area (Å²) in [6.07, 6.45) is 1.43. The van der Waals surface area contributed by atoms with E-state index in [1.165, 1.54) is 11.1 Å². The average Bonchev–Trinajstić information content (AvgIpc) is 2.63. The Morgan fingerprint density at radius 1 is 0.792 bits per heavy atom. The molecule has 0 atom stereocenters. The topological polar surface area (TPSA) is 46.2 Å². The summed E-state index contributed by atoms with van der Waals surface area (Å²) < 4.78 is 0. The van der Waals surface area contributed by atoms with Crippen molar-refractivity contribution in [2.45, 2.75) is 26.3 Å². The molecule has 3 rings (SSSR count). The molecule has 0 radical (unpaired) electrons. The Morgan fingerprint density at radius 3 is 1.88 bits per heavy atom. The molecular weight excluding hydrogens is 294 g/mol. The first-order valence-corrected chi connectivity index (χ1v) is 8.30. The van der Waals surface area contributed by atoms with Crippen molar-refractivity contribution in [1.29, 1.82) is 0 Å². The lowest BCUT2D eigenvalue weighted by molar-refractivity contribution is 0.462. The van der Waals surface area contributed by atoms with E-state index in [0.29, 0.717) is 25.1 Å². The van der Waals surface area contributed by atoms with Crippen LogP contribution in [0.3, 0.4) is 0 Å². The van der Waals surface area contributed by atoms with Crippen molar-refractivity contribution in [2.75, 3.05) is 0 Å². The summed E-state index contributed by atoms with van der Waals surface area (Å²) in [4.78, 5) is 0. The molecule has 0 fully saturated rings. The summed E-state index contributed by atoms with van der Waals surface area (Å²) in [6.45, 7) is 2.53. The second kappa shape index (κ2) is 7.33. The summed E-state index contributed by atoms with van der Waals surface area (Å²) in [5, 5.41) is 10.9. The fraction of sp³-hybridized carbons (Fsp3) is 0.182. The quantitative estimate of drug-likeness (QED) is 0.735. The van der Waals surface area contributed by atoms with Crippen molar-refractivity contribution >= 4 is 0 Å². The van der Waals surface area contributed by atoms with Crippen molar-refractivity contribution in [3.8, 4) is 5.75 Å². The van der Waals surface area contributed by atoms with Crippen LogP contribution in [0.2, 0.25) is 0 Å². The highest BCUT2D eigenvalue weighted by molar-refractivity contribution is 5.52. The van der Waals surface area contributed by atoms with Gasteiger partial charge in [-0.3, -0.25) is 0 Å². The van der Waals surface area contributed by atoms with Crippen LogP contribution in [0.5, 0.6) is 5.75 Å². The number of nitrogens with two attached hydrogens (primary N) is 1. The Balaban J connectivity index is 2.02. The lowest BCUT2D eigenvalue weighted by Crippen LogP contribution is -2.06. The molecule has 0 unspecified atom stereocenters. The van der Waals surface area contributed by atoms with Crippen LogP contribution in [0, 0.1) is 6.92 Å². The third kappa shape index (κ3) is 3.50.